The van der Waals surface area contributed by atoms with Crippen LogP contribution in [-0.4, -0.2) is 55.5 Å². The van der Waals surface area contributed by atoms with Crippen molar-refractivity contribution in [2.45, 2.75) is 37.0 Å². The van der Waals surface area contributed by atoms with Crippen LogP contribution in [0.2, 0.25) is 0 Å². The summed E-state index contributed by atoms with van der Waals surface area (Å²) in [7, 11) is 1.49. The second-order valence-electron chi connectivity index (χ2n) is 6.68. The van der Waals surface area contributed by atoms with Crippen molar-refractivity contribution < 1.29 is 33.6 Å². The van der Waals surface area contributed by atoms with Crippen LogP contribution in [0.5, 0.6) is 0 Å². The van der Waals surface area contributed by atoms with Crippen molar-refractivity contribution >= 4 is 5.97 Å². The molecule has 148 valence electrons. The first-order chi connectivity index (χ1) is 13.7. The third-order valence-electron chi connectivity index (χ3n) is 4.90. The van der Waals surface area contributed by atoms with E-state index in [1.807, 2.05) is 30.3 Å². The molecule has 4 rings (SSSR count). The zero-order valence-electron chi connectivity index (χ0n) is 15.3. The van der Waals surface area contributed by atoms with Crippen molar-refractivity contribution in [2.24, 2.45) is 0 Å². The number of carbonyl (C=O) groups excluding carboxylic acids is 1. The van der Waals surface area contributed by atoms with Crippen molar-refractivity contribution in [1.82, 2.24) is 0 Å². The van der Waals surface area contributed by atoms with Gasteiger partial charge in [0.1, 0.15) is 18.3 Å². The van der Waals surface area contributed by atoms with Crippen LogP contribution in [0.4, 0.5) is 0 Å². The lowest BCUT2D eigenvalue weighted by molar-refractivity contribution is -0.356. The molecule has 2 aromatic carbocycles. The van der Waals surface area contributed by atoms with Crippen LogP contribution in [0.15, 0.2) is 60.7 Å². The number of fused-ring (bicyclic) bond motifs is 1. The third-order valence-corrected chi connectivity index (χ3v) is 4.90. The van der Waals surface area contributed by atoms with E-state index in [1.165, 1.54) is 7.11 Å². The number of hydrogen-bond acceptors (Lipinski definition) is 7. The molecule has 2 fully saturated rings. The van der Waals surface area contributed by atoms with Crippen LogP contribution < -0.4 is 0 Å². The Bertz CT molecular complexity index is 782. The molecule has 2 aromatic rings. The smallest absolute Gasteiger partial charge is 0.338 e. The van der Waals surface area contributed by atoms with E-state index in [0.717, 1.165) is 5.56 Å². The summed E-state index contributed by atoms with van der Waals surface area (Å²) in [6.07, 6.45) is -4.79. The normalized spacial score (nSPS) is 32.4. The summed E-state index contributed by atoms with van der Waals surface area (Å²) in [6.45, 7) is 0.223. The number of esters is 1. The molecule has 7 nitrogen and oxygen atoms in total. The summed E-state index contributed by atoms with van der Waals surface area (Å²) in [4.78, 5) is 12.5. The number of methoxy groups -OCH3 is 1. The lowest BCUT2D eigenvalue weighted by Gasteiger charge is -2.47. The maximum Gasteiger partial charge on any atom is 0.338 e. The van der Waals surface area contributed by atoms with Crippen LogP contribution in [0.1, 0.15) is 22.2 Å². The molecule has 7 heteroatoms. The van der Waals surface area contributed by atoms with Crippen molar-refractivity contribution in [2.75, 3.05) is 13.7 Å². The second kappa shape index (κ2) is 8.38. The highest BCUT2D eigenvalue weighted by Gasteiger charge is 2.51. The van der Waals surface area contributed by atoms with Crippen LogP contribution >= 0.6 is 0 Å². The van der Waals surface area contributed by atoms with Gasteiger partial charge in [-0.05, 0) is 12.1 Å². The number of rotatable bonds is 4. The number of carbonyl (C=O) groups is 1. The molecule has 6 atom stereocenters. The molecule has 1 N–H and O–H groups in total. The largest absolute Gasteiger partial charge is 0.450 e. The average molecular weight is 386 g/mol. The number of benzene rings is 2. The standard InChI is InChI=1S/C21H22O7/c1-24-17-16-15(12-25-21(28-16)14-10-6-3-7-11-14)26-20(23)18(17)27-19(22)13-8-4-2-5-9-13/h2-11,15-18,20-21,23H,12H2,1H3/t15-,16-,17+,18-,20+,21?/m1/s1. The van der Waals surface area contributed by atoms with Crippen molar-refractivity contribution in [3.63, 3.8) is 0 Å². The molecular formula is C21H22O7. The van der Waals surface area contributed by atoms with Crippen molar-refractivity contribution in [1.29, 1.82) is 0 Å². The van der Waals surface area contributed by atoms with Gasteiger partial charge in [-0.1, -0.05) is 48.5 Å². The number of ether oxygens (including phenoxy) is 5. The van der Waals surface area contributed by atoms with Gasteiger partial charge in [0.15, 0.2) is 18.7 Å². The van der Waals surface area contributed by atoms with Gasteiger partial charge >= 0.3 is 5.97 Å². The molecule has 1 unspecified atom stereocenters. The number of aliphatic hydroxyl groups is 1. The van der Waals surface area contributed by atoms with E-state index in [9.17, 15) is 9.90 Å². The average Bonchev–Trinajstić information content (AvgIpc) is 2.75. The fraction of sp³-hybridized carbons (Fsp3) is 0.381. The molecule has 0 saturated carbocycles. The molecule has 0 radical (unpaired) electrons. The lowest BCUT2D eigenvalue weighted by Crippen LogP contribution is -2.63. The zero-order chi connectivity index (χ0) is 19.5. The monoisotopic (exact) mass is 386 g/mol. The summed E-state index contributed by atoms with van der Waals surface area (Å²) in [5.41, 5.74) is 1.24. The Morgan fingerprint density at radius 3 is 2.36 bits per heavy atom. The van der Waals surface area contributed by atoms with E-state index in [2.05, 4.69) is 0 Å². The predicted octanol–water partition coefficient (Wildman–Crippen LogP) is 2.06. The van der Waals surface area contributed by atoms with Gasteiger partial charge in [-0.2, -0.15) is 0 Å². The van der Waals surface area contributed by atoms with E-state index in [0.29, 0.717) is 5.56 Å². The highest BCUT2D eigenvalue weighted by molar-refractivity contribution is 5.89. The minimum atomic E-state index is -1.35. The lowest BCUT2D eigenvalue weighted by atomic mass is 9.97. The van der Waals surface area contributed by atoms with Crippen molar-refractivity contribution in [3.8, 4) is 0 Å². The van der Waals surface area contributed by atoms with Gasteiger partial charge in [-0.3, -0.25) is 0 Å². The molecule has 0 aromatic heterocycles. The molecule has 2 aliphatic heterocycles. The SMILES string of the molecule is CO[C@@H]1[C@@H](OC(=O)c2ccccc2)[C@@H](O)O[C@@H]2COC(c3ccccc3)O[C@@H]12. The van der Waals surface area contributed by atoms with E-state index < -0.39 is 43.0 Å². The summed E-state index contributed by atoms with van der Waals surface area (Å²) in [5, 5.41) is 10.4. The van der Waals surface area contributed by atoms with Crippen LogP contribution in [0, 0.1) is 0 Å². The van der Waals surface area contributed by atoms with E-state index in [4.69, 9.17) is 23.7 Å². The molecular weight excluding hydrogens is 364 g/mol. The first-order valence-electron chi connectivity index (χ1n) is 9.11. The summed E-state index contributed by atoms with van der Waals surface area (Å²) in [6, 6.07) is 18.1. The predicted molar refractivity (Wildman–Crippen MR) is 97.3 cm³/mol. The Labute approximate surface area is 162 Å². The zero-order valence-corrected chi connectivity index (χ0v) is 15.3. The molecule has 2 heterocycles. The van der Waals surface area contributed by atoms with E-state index in [-0.39, 0.29) is 6.61 Å². The molecule has 0 amide bonds. The minimum absolute atomic E-state index is 0.223. The Balaban J connectivity index is 1.52. The van der Waals surface area contributed by atoms with Gasteiger partial charge in [0.25, 0.3) is 0 Å². The molecule has 28 heavy (non-hydrogen) atoms. The Kier molecular flexibility index (Phi) is 5.70. The van der Waals surface area contributed by atoms with E-state index in [1.54, 1.807) is 30.3 Å². The Hall–Kier alpha value is -2.29. The van der Waals surface area contributed by atoms with Crippen LogP contribution in [-0.2, 0) is 23.7 Å². The Morgan fingerprint density at radius 2 is 1.68 bits per heavy atom. The maximum absolute atomic E-state index is 12.5. The summed E-state index contributed by atoms with van der Waals surface area (Å²) in [5.74, 6) is -0.569. The molecule has 2 aliphatic rings. The fourth-order valence-electron chi connectivity index (χ4n) is 3.50. The van der Waals surface area contributed by atoms with Crippen LogP contribution in [0.25, 0.3) is 0 Å². The van der Waals surface area contributed by atoms with Crippen LogP contribution in [0.3, 0.4) is 0 Å². The summed E-state index contributed by atoms with van der Waals surface area (Å²) >= 11 is 0. The third kappa shape index (κ3) is 3.80. The van der Waals surface area contributed by atoms with Gasteiger partial charge in [0.05, 0.1) is 12.2 Å². The minimum Gasteiger partial charge on any atom is -0.450 e. The number of aliphatic hydroxyl groups excluding tert-OH is 1. The molecule has 0 aliphatic carbocycles. The van der Waals surface area contributed by atoms with Gasteiger partial charge in [0.2, 0.25) is 0 Å². The van der Waals surface area contributed by atoms with Crippen molar-refractivity contribution in [3.05, 3.63) is 71.8 Å². The van der Waals surface area contributed by atoms with Gasteiger partial charge in [-0.25, -0.2) is 4.79 Å². The van der Waals surface area contributed by atoms with Gasteiger partial charge in [0, 0.05) is 12.7 Å². The molecule has 0 spiro atoms. The molecule has 2 saturated heterocycles. The highest BCUT2D eigenvalue weighted by atomic mass is 16.7. The first-order valence-corrected chi connectivity index (χ1v) is 9.11. The maximum atomic E-state index is 12.5. The Morgan fingerprint density at radius 1 is 1.00 bits per heavy atom. The fourth-order valence-corrected chi connectivity index (χ4v) is 3.50. The van der Waals surface area contributed by atoms with Gasteiger partial charge < -0.3 is 28.8 Å². The summed E-state index contributed by atoms with van der Waals surface area (Å²) < 4.78 is 28.5. The molecule has 0 bridgehead atoms. The van der Waals surface area contributed by atoms with E-state index >= 15 is 0 Å². The highest BCUT2D eigenvalue weighted by Crippen LogP contribution is 2.35. The quantitative estimate of drug-likeness (QED) is 0.806. The first kappa shape index (κ1) is 19.0. The topological polar surface area (TPSA) is 83.5 Å². The number of hydrogen-bond donors (Lipinski definition) is 1. The van der Waals surface area contributed by atoms with Gasteiger partial charge in [-0.15, -0.1) is 0 Å². The second-order valence-corrected chi connectivity index (χ2v) is 6.68.